The lowest BCUT2D eigenvalue weighted by molar-refractivity contribution is 0.0415. The second-order valence-electron chi connectivity index (χ2n) is 6.53. The number of nitrogens with one attached hydrogen (secondary N) is 2. The van der Waals surface area contributed by atoms with Crippen LogP contribution < -0.4 is 5.32 Å². The Morgan fingerprint density at radius 1 is 1.22 bits per heavy atom. The summed E-state index contributed by atoms with van der Waals surface area (Å²) in [6, 6.07) is 7.50. The lowest BCUT2D eigenvalue weighted by atomic mass is 9.73. The molecule has 1 spiro atoms. The number of hydrogen-bond acceptors (Lipinski definition) is 3. The minimum absolute atomic E-state index is 0.0378. The predicted octanol–water partition coefficient (Wildman–Crippen LogP) is 2.56. The molecule has 0 unspecified atom stereocenters. The Balaban J connectivity index is 1.56. The van der Waals surface area contributed by atoms with Crippen LogP contribution >= 0.6 is 11.6 Å². The molecule has 0 aliphatic carbocycles. The van der Waals surface area contributed by atoms with E-state index in [9.17, 15) is 4.79 Å². The Morgan fingerprint density at radius 3 is 2.61 bits per heavy atom. The monoisotopic (exact) mass is 330 g/mol. The molecule has 23 heavy (non-hydrogen) atoms. The number of carbonyl (C=O) groups is 1. The maximum absolute atomic E-state index is 12.9. The lowest BCUT2D eigenvalue weighted by Crippen LogP contribution is -2.58. The van der Waals surface area contributed by atoms with Gasteiger partial charge in [0, 0.05) is 36.8 Å². The van der Waals surface area contributed by atoms with E-state index in [4.69, 9.17) is 11.6 Å². The number of halogens is 1. The van der Waals surface area contributed by atoms with Crippen molar-refractivity contribution in [1.29, 1.82) is 0 Å². The minimum Gasteiger partial charge on any atom is -0.338 e. The second-order valence-corrected chi connectivity index (χ2v) is 6.94. The van der Waals surface area contributed by atoms with Crippen molar-refractivity contribution < 1.29 is 4.79 Å². The molecule has 2 aliphatic heterocycles. The van der Waals surface area contributed by atoms with Gasteiger partial charge in [-0.3, -0.25) is 9.89 Å². The average molecular weight is 331 g/mol. The summed E-state index contributed by atoms with van der Waals surface area (Å²) >= 11 is 6.26. The third-order valence-electron chi connectivity index (χ3n) is 5.12. The number of benzene rings is 1. The summed E-state index contributed by atoms with van der Waals surface area (Å²) in [4.78, 5) is 14.8. The zero-order valence-electron chi connectivity index (χ0n) is 12.8. The summed E-state index contributed by atoms with van der Waals surface area (Å²) < 4.78 is 0. The molecule has 6 heteroatoms. The van der Waals surface area contributed by atoms with Gasteiger partial charge in [-0.2, -0.15) is 5.10 Å². The Labute approximate surface area is 140 Å². The molecule has 5 nitrogen and oxygen atoms in total. The van der Waals surface area contributed by atoms with Crippen molar-refractivity contribution in [3.8, 4) is 11.3 Å². The highest BCUT2D eigenvalue weighted by molar-refractivity contribution is 6.33. The zero-order valence-corrected chi connectivity index (χ0v) is 13.6. The van der Waals surface area contributed by atoms with E-state index in [0.29, 0.717) is 21.7 Å². The highest BCUT2D eigenvalue weighted by Crippen LogP contribution is 2.36. The molecule has 0 bridgehead atoms. The van der Waals surface area contributed by atoms with Crippen molar-refractivity contribution in [2.24, 2.45) is 5.41 Å². The highest BCUT2D eigenvalue weighted by Gasteiger charge is 2.40. The van der Waals surface area contributed by atoms with Gasteiger partial charge in [0.15, 0.2) is 0 Å². The molecular weight excluding hydrogens is 312 g/mol. The van der Waals surface area contributed by atoms with Crippen molar-refractivity contribution >= 4 is 17.5 Å². The van der Waals surface area contributed by atoms with Gasteiger partial charge >= 0.3 is 0 Å². The lowest BCUT2D eigenvalue weighted by Gasteiger charge is -2.48. The quantitative estimate of drug-likeness (QED) is 0.889. The summed E-state index contributed by atoms with van der Waals surface area (Å²) in [6.07, 6.45) is 3.76. The Bertz CT molecular complexity index is 728. The van der Waals surface area contributed by atoms with Crippen molar-refractivity contribution in [2.45, 2.75) is 12.8 Å². The molecule has 0 radical (unpaired) electrons. The number of aromatic amines is 1. The van der Waals surface area contributed by atoms with Gasteiger partial charge in [0.1, 0.15) is 0 Å². The number of H-pyrrole nitrogens is 1. The summed E-state index contributed by atoms with van der Waals surface area (Å²) in [7, 11) is 0. The van der Waals surface area contributed by atoms with Crippen LogP contribution in [0.1, 0.15) is 23.2 Å². The van der Waals surface area contributed by atoms with E-state index in [2.05, 4.69) is 15.5 Å². The van der Waals surface area contributed by atoms with E-state index in [1.165, 1.54) is 0 Å². The molecule has 120 valence electrons. The summed E-state index contributed by atoms with van der Waals surface area (Å²) in [5, 5.41) is 11.0. The van der Waals surface area contributed by atoms with Gasteiger partial charge in [-0.05, 0) is 24.3 Å². The first-order valence-corrected chi connectivity index (χ1v) is 8.35. The number of carbonyl (C=O) groups excluding carboxylic acids is 1. The first-order valence-electron chi connectivity index (χ1n) is 7.97. The van der Waals surface area contributed by atoms with E-state index < -0.39 is 0 Å². The van der Waals surface area contributed by atoms with Gasteiger partial charge in [-0.1, -0.05) is 29.8 Å². The second kappa shape index (κ2) is 5.65. The molecule has 2 fully saturated rings. The van der Waals surface area contributed by atoms with Crippen LogP contribution in [0.15, 0.2) is 30.5 Å². The smallest absolute Gasteiger partial charge is 0.257 e. The van der Waals surface area contributed by atoms with Crippen LogP contribution in [0.3, 0.4) is 0 Å². The summed E-state index contributed by atoms with van der Waals surface area (Å²) in [5.41, 5.74) is 2.54. The van der Waals surface area contributed by atoms with Gasteiger partial charge in [-0.15, -0.1) is 0 Å². The summed E-state index contributed by atoms with van der Waals surface area (Å²) in [5.74, 6) is 0.0378. The van der Waals surface area contributed by atoms with E-state index in [0.717, 1.165) is 44.6 Å². The molecule has 1 amide bonds. The molecule has 0 atom stereocenters. The average Bonchev–Trinajstić information content (AvgIpc) is 3.02. The van der Waals surface area contributed by atoms with Gasteiger partial charge in [0.05, 0.1) is 17.5 Å². The molecule has 2 aliphatic rings. The van der Waals surface area contributed by atoms with E-state index in [1.54, 1.807) is 6.20 Å². The molecule has 2 N–H and O–H groups in total. The van der Waals surface area contributed by atoms with Crippen molar-refractivity contribution in [2.75, 3.05) is 26.2 Å². The van der Waals surface area contributed by atoms with Crippen LogP contribution in [0.4, 0.5) is 0 Å². The first-order chi connectivity index (χ1) is 11.2. The number of likely N-dealkylation sites (tertiary alicyclic amines) is 1. The maximum atomic E-state index is 12.9. The van der Waals surface area contributed by atoms with Crippen LogP contribution in [0.5, 0.6) is 0 Å². The van der Waals surface area contributed by atoms with Gasteiger partial charge < -0.3 is 10.2 Å². The molecule has 2 aromatic rings. The number of rotatable bonds is 2. The van der Waals surface area contributed by atoms with Crippen LogP contribution in [-0.2, 0) is 0 Å². The van der Waals surface area contributed by atoms with Crippen LogP contribution in [0.2, 0.25) is 5.02 Å². The summed E-state index contributed by atoms with van der Waals surface area (Å²) in [6.45, 7) is 3.80. The topological polar surface area (TPSA) is 61.0 Å². The molecule has 3 heterocycles. The number of amides is 1. The highest BCUT2D eigenvalue weighted by atomic mass is 35.5. The van der Waals surface area contributed by atoms with E-state index >= 15 is 0 Å². The number of nitrogens with zero attached hydrogens (tertiary/aromatic N) is 2. The standard InChI is InChI=1S/C17H19ClN4O/c18-14-4-2-1-3-12(14)15-13(9-20-21-15)16(23)22-7-5-17(6-8-22)10-19-11-17/h1-4,9,19H,5-8,10-11H2,(H,20,21). The third-order valence-corrected chi connectivity index (χ3v) is 5.45. The maximum Gasteiger partial charge on any atom is 0.257 e. The van der Waals surface area contributed by atoms with Crippen LogP contribution in [-0.4, -0.2) is 47.2 Å². The van der Waals surface area contributed by atoms with Crippen LogP contribution in [0, 0.1) is 5.41 Å². The zero-order chi connectivity index (χ0) is 15.9. The molecule has 1 aromatic heterocycles. The molecular formula is C17H19ClN4O. The third kappa shape index (κ3) is 2.54. The van der Waals surface area contributed by atoms with Gasteiger partial charge in [-0.25, -0.2) is 0 Å². The van der Waals surface area contributed by atoms with Gasteiger partial charge in [0.2, 0.25) is 0 Å². The fourth-order valence-electron chi connectivity index (χ4n) is 3.50. The Kier molecular flexibility index (Phi) is 3.62. The SMILES string of the molecule is O=C(c1cn[nH]c1-c1ccccc1Cl)N1CCC2(CC1)CNC2. The number of aromatic nitrogens is 2. The minimum atomic E-state index is 0.0378. The Morgan fingerprint density at radius 2 is 1.96 bits per heavy atom. The fraction of sp³-hybridized carbons (Fsp3) is 0.412. The number of hydrogen-bond donors (Lipinski definition) is 2. The largest absolute Gasteiger partial charge is 0.338 e. The van der Waals surface area contributed by atoms with Crippen molar-refractivity contribution in [3.63, 3.8) is 0 Å². The number of piperidine rings is 1. The van der Waals surface area contributed by atoms with E-state index in [1.807, 2.05) is 29.2 Å². The molecule has 4 rings (SSSR count). The molecule has 2 saturated heterocycles. The predicted molar refractivity (Wildman–Crippen MR) is 89.5 cm³/mol. The normalized spacial score (nSPS) is 19.6. The molecule has 0 saturated carbocycles. The van der Waals surface area contributed by atoms with Crippen molar-refractivity contribution in [1.82, 2.24) is 20.4 Å². The Hall–Kier alpha value is -1.85. The fourth-order valence-corrected chi connectivity index (χ4v) is 3.73. The van der Waals surface area contributed by atoms with Gasteiger partial charge in [0.25, 0.3) is 5.91 Å². The van der Waals surface area contributed by atoms with Crippen molar-refractivity contribution in [3.05, 3.63) is 41.0 Å². The van der Waals surface area contributed by atoms with E-state index in [-0.39, 0.29) is 5.91 Å². The van der Waals surface area contributed by atoms with Crippen LogP contribution in [0.25, 0.3) is 11.3 Å². The molecule has 1 aromatic carbocycles. The first kappa shape index (κ1) is 14.7.